The van der Waals surface area contributed by atoms with Crippen LogP contribution in [0.15, 0.2) is 18.2 Å². The Morgan fingerprint density at radius 3 is 2.61 bits per heavy atom. The van der Waals surface area contributed by atoms with E-state index in [4.69, 9.17) is 16.3 Å². The van der Waals surface area contributed by atoms with Gasteiger partial charge in [0.05, 0.1) is 7.11 Å². The molecule has 1 aliphatic carbocycles. The number of hydrogen-bond donors (Lipinski definition) is 1. The second-order valence-corrected chi connectivity index (χ2v) is 5.72. The maximum Gasteiger partial charge on any atom is 0.125 e. The minimum atomic E-state index is -0.875. The minimum Gasteiger partial charge on any atom is -0.496 e. The highest BCUT2D eigenvalue weighted by molar-refractivity contribution is 6.30. The molecule has 18 heavy (non-hydrogen) atoms. The Morgan fingerprint density at radius 2 is 2.11 bits per heavy atom. The van der Waals surface area contributed by atoms with Crippen LogP contribution in [-0.2, 0) is 5.60 Å². The zero-order chi connectivity index (χ0) is 13.3. The van der Waals surface area contributed by atoms with Gasteiger partial charge in [0, 0.05) is 17.1 Å². The molecular weight excluding hydrogens is 250 g/mol. The average molecular weight is 270 g/mol. The third-order valence-electron chi connectivity index (χ3n) is 3.44. The second kappa shape index (κ2) is 5.08. The van der Waals surface area contributed by atoms with E-state index in [1.54, 1.807) is 13.2 Å². The number of ether oxygens (including phenoxy) is 1. The number of benzene rings is 1. The van der Waals surface area contributed by atoms with Crippen LogP contribution in [0.2, 0.25) is 5.02 Å². The molecule has 0 radical (unpaired) electrons. The molecule has 1 fully saturated rings. The number of halogens is 1. The summed E-state index contributed by atoms with van der Waals surface area (Å²) in [5.41, 5.74) is -0.0755. The smallest absolute Gasteiger partial charge is 0.125 e. The molecule has 3 nitrogen and oxygen atoms in total. The van der Waals surface area contributed by atoms with E-state index in [2.05, 4.69) is 0 Å². The number of hydrogen-bond acceptors (Lipinski definition) is 3. The molecule has 0 heterocycles. The monoisotopic (exact) mass is 269 g/mol. The van der Waals surface area contributed by atoms with Gasteiger partial charge in [-0.1, -0.05) is 11.6 Å². The lowest BCUT2D eigenvalue weighted by molar-refractivity contribution is -0.0118. The summed E-state index contributed by atoms with van der Waals surface area (Å²) in [6.07, 6.45) is 2.11. The zero-order valence-corrected chi connectivity index (χ0v) is 11.9. The lowest BCUT2D eigenvalue weighted by Gasteiger charge is -2.33. The molecule has 1 aromatic rings. The van der Waals surface area contributed by atoms with E-state index >= 15 is 0 Å². The van der Waals surface area contributed by atoms with Crippen LogP contribution in [0.25, 0.3) is 0 Å². The van der Waals surface area contributed by atoms with Crippen LogP contribution >= 0.6 is 11.6 Å². The molecule has 100 valence electrons. The molecule has 1 saturated carbocycles. The third-order valence-corrected chi connectivity index (χ3v) is 3.67. The Hall–Kier alpha value is -0.770. The van der Waals surface area contributed by atoms with Gasteiger partial charge in [0.1, 0.15) is 11.4 Å². The van der Waals surface area contributed by atoms with Gasteiger partial charge in [-0.05, 0) is 51.1 Å². The molecule has 0 saturated heterocycles. The molecular formula is C14H20ClNO2. The molecule has 0 bridgehead atoms. The average Bonchev–Trinajstić information content (AvgIpc) is 3.12. The summed E-state index contributed by atoms with van der Waals surface area (Å²) in [6, 6.07) is 5.43. The quantitative estimate of drug-likeness (QED) is 0.892. The molecule has 4 heteroatoms. The van der Waals surface area contributed by atoms with Crippen molar-refractivity contribution < 1.29 is 9.84 Å². The van der Waals surface area contributed by atoms with E-state index in [-0.39, 0.29) is 0 Å². The van der Waals surface area contributed by atoms with Crippen molar-refractivity contribution in [2.75, 3.05) is 27.7 Å². The number of nitrogens with zero attached hydrogens (tertiary/aromatic N) is 1. The first-order chi connectivity index (χ1) is 8.47. The topological polar surface area (TPSA) is 32.7 Å². The van der Waals surface area contributed by atoms with Crippen molar-refractivity contribution in [3.63, 3.8) is 0 Å². The van der Waals surface area contributed by atoms with Crippen LogP contribution < -0.4 is 4.74 Å². The molecule has 0 aliphatic heterocycles. The van der Waals surface area contributed by atoms with Crippen molar-refractivity contribution in [3.05, 3.63) is 28.8 Å². The number of likely N-dealkylation sites (N-methyl/N-ethyl adjacent to an activating group) is 1. The van der Waals surface area contributed by atoms with Gasteiger partial charge in [-0.15, -0.1) is 0 Å². The molecule has 0 aromatic heterocycles. The molecule has 1 aromatic carbocycles. The van der Waals surface area contributed by atoms with Crippen LogP contribution in [0.3, 0.4) is 0 Å². The van der Waals surface area contributed by atoms with Gasteiger partial charge in [-0.3, -0.25) is 0 Å². The van der Waals surface area contributed by atoms with Crippen LogP contribution in [0.4, 0.5) is 0 Å². The molecule has 0 spiro atoms. The predicted molar refractivity (Wildman–Crippen MR) is 73.2 cm³/mol. The fourth-order valence-electron chi connectivity index (χ4n) is 2.50. The van der Waals surface area contributed by atoms with Gasteiger partial charge in [-0.25, -0.2) is 0 Å². The Balaban J connectivity index is 2.44. The summed E-state index contributed by atoms with van der Waals surface area (Å²) < 4.78 is 5.37. The fraction of sp³-hybridized carbons (Fsp3) is 0.571. The molecule has 2 rings (SSSR count). The summed E-state index contributed by atoms with van der Waals surface area (Å²) in [5.74, 6) is 1.00. The first-order valence-corrected chi connectivity index (χ1v) is 6.56. The Bertz CT molecular complexity index is 432. The molecule has 1 unspecified atom stereocenters. The van der Waals surface area contributed by atoms with E-state index in [1.807, 2.05) is 31.1 Å². The highest BCUT2D eigenvalue weighted by Crippen LogP contribution is 2.48. The highest BCUT2D eigenvalue weighted by atomic mass is 35.5. The molecule has 1 atom stereocenters. The summed E-state index contributed by atoms with van der Waals surface area (Å²) in [7, 11) is 5.55. The van der Waals surface area contributed by atoms with Crippen LogP contribution in [-0.4, -0.2) is 37.8 Å². The Kier molecular flexibility index (Phi) is 3.85. The Labute approximate surface area is 113 Å². The van der Waals surface area contributed by atoms with Crippen LogP contribution in [0, 0.1) is 5.92 Å². The zero-order valence-electron chi connectivity index (χ0n) is 11.1. The van der Waals surface area contributed by atoms with Crippen molar-refractivity contribution in [2.24, 2.45) is 5.92 Å². The normalized spacial score (nSPS) is 18.8. The summed E-state index contributed by atoms with van der Waals surface area (Å²) in [4.78, 5) is 2.00. The van der Waals surface area contributed by atoms with Crippen molar-refractivity contribution in [3.8, 4) is 5.75 Å². The molecule has 0 amide bonds. The lowest BCUT2D eigenvalue weighted by Crippen LogP contribution is -2.39. The van der Waals surface area contributed by atoms with E-state index in [1.165, 1.54) is 0 Å². The molecule has 1 aliphatic rings. The SMILES string of the molecule is COc1ccc(Cl)cc1C(O)(CN(C)C)C1CC1. The Morgan fingerprint density at radius 1 is 1.44 bits per heavy atom. The van der Waals surface area contributed by atoms with E-state index < -0.39 is 5.60 Å². The second-order valence-electron chi connectivity index (χ2n) is 5.28. The van der Waals surface area contributed by atoms with E-state index in [0.29, 0.717) is 23.2 Å². The third kappa shape index (κ3) is 2.63. The first-order valence-electron chi connectivity index (χ1n) is 6.18. The summed E-state index contributed by atoms with van der Waals surface area (Å²) in [6.45, 7) is 0.578. The van der Waals surface area contributed by atoms with Gasteiger partial charge >= 0.3 is 0 Å². The number of aliphatic hydroxyl groups is 1. The molecule has 1 N–H and O–H groups in total. The number of rotatable bonds is 5. The minimum absolute atomic E-state index is 0.298. The highest BCUT2D eigenvalue weighted by Gasteiger charge is 2.46. The van der Waals surface area contributed by atoms with Gasteiger partial charge in [-0.2, -0.15) is 0 Å². The lowest BCUT2D eigenvalue weighted by atomic mass is 9.87. The van der Waals surface area contributed by atoms with E-state index in [9.17, 15) is 5.11 Å². The fourth-order valence-corrected chi connectivity index (χ4v) is 2.67. The maximum absolute atomic E-state index is 11.0. The summed E-state index contributed by atoms with van der Waals surface area (Å²) >= 11 is 6.06. The first kappa shape index (κ1) is 13.7. The van der Waals surface area contributed by atoms with E-state index in [0.717, 1.165) is 18.4 Å². The van der Waals surface area contributed by atoms with Gasteiger partial charge in [0.25, 0.3) is 0 Å². The summed E-state index contributed by atoms with van der Waals surface area (Å²) in [5, 5.41) is 11.7. The van der Waals surface area contributed by atoms with Crippen molar-refractivity contribution >= 4 is 11.6 Å². The van der Waals surface area contributed by atoms with Crippen molar-refractivity contribution in [2.45, 2.75) is 18.4 Å². The maximum atomic E-state index is 11.0. The number of methoxy groups -OCH3 is 1. The largest absolute Gasteiger partial charge is 0.496 e. The van der Waals surface area contributed by atoms with Crippen LogP contribution in [0.5, 0.6) is 5.75 Å². The van der Waals surface area contributed by atoms with Gasteiger partial charge in [0.15, 0.2) is 0 Å². The van der Waals surface area contributed by atoms with Crippen LogP contribution in [0.1, 0.15) is 18.4 Å². The van der Waals surface area contributed by atoms with Gasteiger partial charge < -0.3 is 14.7 Å². The predicted octanol–water partition coefficient (Wildman–Crippen LogP) is 2.51. The van der Waals surface area contributed by atoms with Gasteiger partial charge in [0.2, 0.25) is 0 Å². The van der Waals surface area contributed by atoms with Crippen molar-refractivity contribution in [1.82, 2.24) is 4.90 Å². The standard InChI is InChI=1S/C14H20ClNO2/c1-16(2)9-14(17,10-4-5-10)12-8-11(15)6-7-13(12)18-3/h6-8,10,17H,4-5,9H2,1-3H3. The van der Waals surface area contributed by atoms with Crippen molar-refractivity contribution in [1.29, 1.82) is 0 Å².